The smallest absolute Gasteiger partial charge is 0.0776 e. The fourth-order valence-electron chi connectivity index (χ4n) is 1.69. The Morgan fingerprint density at radius 3 is 2.71 bits per heavy atom. The number of hydrogen-bond donors (Lipinski definition) is 0. The molecule has 0 aromatic rings. The van der Waals surface area contributed by atoms with E-state index in [1.54, 1.807) is 0 Å². The van der Waals surface area contributed by atoms with Crippen molar-refractivity contribution < 1.29 is 0 Å². The molecule has 14 heavy (non-hydrogen) atoms. The monoisotopic (exact) mass is 195 g/mol. The normalized spacial score (nSPS) is 22.1. The molecule has 0 aromatic carbocycles. The van der Waals surface area contributed by atoms with Crippen LogP contribution in [0.25, 0.3) is 20.9 Å². The van der Waals surface area contributed by atoms with Crippen molar-refractivity contribution in [1.82, 2.24) is 4.90 Å². The summed E-state index contributed by atoms with van der Waals surface area (Å²) >= 11 is 0. The van der Waals surface area contributed by atoms with Crippen LogP contribution in [0.1, 0.15) is 19.3 Å². The zero-order chi connectivity index (χ0) is 10.2. The summed E-state index contributed by atoms with van der Waals surface area (Å²) in [6.07, 6.45) is 3.28. The van der Waals surface area contributed by atoms with E-state index in [-0.39, 0.29) is 6.04 Å². The lowest BCUT2D eigenvalue weighted by Crippen LogP contribution is -2.41. The molecule has 1 heterocycles. The van der Waals surface area contributed by atoms with Gasteiger partial charge in [0, 0.05) is 22.4 Å². The van der Waals surface area contributed by atoms with Gasteiger partial charge in [0.05, 0.1) is 6.67 Å². The van der Waals surface area contributed by atoms with Crippen LogP contribution in [0.3, 0.4) is 0 Å². The van der Waals surface area contributed by atoms with Crippen LogP contribution >= 0.6 is 0 Å². The molecular weight excluding hydrogens is 182 g/mol. The average molecular weight is 195 g/mol. The van der Waals surface area contributed by atoms with E-state index in [2.05, 4.69) is 25.0 Å². The maximum Gasteiger partial charge on any atom is 0.0776 e. The largest absolute Gasteiger partial charge is 0.295 e. The molecule has 0 spiro atoms. The lowest BCUT2D eigenvalue weighted by atomic mass is 10.0. The molecular formula is C7H13N7. The molecule has 7 heteroatoms. The van der Waals surface area contributed by atoms with Crippen molar-refractivity contribution in [1.29, 1.82) is 0 Å². The van der Waals surface area contributed by atoms with Crippen LogP contribution in [-0.4, -0.2) is 30.7 Å². The summed E-state index contributed by atoms with van der Waals surface area (Å²) in [5, 5.41) is 7.08. The Balaban J connectivity index is 2.48. The fourth-order valence-corrected chi connectivity index (χ4v) is 1.69. The second-order valence-electron chi connectivity index (χ2n) is 3.25. The van der Waals surface area contributed by atoms with Crippen molar-refractivity contribution in [3.63, 3.8) is 0 Å². The molecule has 1 saturated heterocycles. The highest BCUT2D eigenvalue weighted by atomic mass is 15.3. The topological polar surface area (TPSA) is 101 Å². The number of rotatable bonds is 4. The quantitative estimate of drug-likeness (QED) is 0.384. The van der Waals surface area contributed by atoms with Gasteiger partial charge < -0.3 is 0 Å². The van der Waals surface area contributed by atoms with Crippen LogP contribution in [0.5, 0.6) is 0 Å². The van der Waals surface area contributed by atoms with E-state index >= 15 is 0 Å². The highest BCUT2D eigenvalue weighted by Gasteiger charge is 2.20. The number of nitrogens with zero attached hydrogens (tertiary/aromatic N) is 7. The van der Waals surface area contributed by atoms with Crippen molar-refractivity contribution in [2.75, 3.05) is 19.8 Å². The maximum absolute atomic E-state index is 8.22. The second kappa shape index (κ2) is 6.10. The van der Waals surface area contributed by atoms with Crippen LogP contribution in [0.2, 0.25) is 0 Å². The van der Waals surface area contributed by atoms with Gasteiger partial charge in [0.2, 0.25) is 0 Å². The average Bonchev–Trinajstić information content (AvgIpc) is 2.24. The van der Waals surface area contributed by atoms with Crippen LogP contribution < -0.4 is 0 Å². The predicted octanol–water partition coefficient (Wildman–Crippen LogP) is 2.42. The third-order valence-corrected chi connectivity index (χ3v) is 2.41. The van der Waals surface area contributed by atoms with Crippen LogP contribution in [0.15, 0.2) is 10.2 Å². The van der Waals surface area contributed by atoms with Gasteiger partial charge in [-0.1, -0.05) is 16.6 Å². The van der Waals surface area contributed by atoms with Gasteiger partial charge in [0.25, 0.3) is 0 Å². The maximum atomic E-state index is 8.22. The van der Waals surface area contributed by atoms with E-state index in [4.69, 9.17) is 11.1 Å². The number of azide groups is 2. The van der Waals surface area contributed by atoms with Gasteiger partial charge in [-0.2, -0.15) is 0 Å². The number of likely N-dealkylation sites (tertiary alicyclic amines) is 1. The van der Waals surface area contributed by atoms with E-state index in [9.17, 15) is 0 Å². The van der Waals surface area contributed by atoms with Crippen molar-refractivity contribution in [2.45, 2.75) is 25.3 Å². The zero-order valence-corrected chi connectivity index (χ0v) is 7.95. The number of hydrogen-bond acceptors (Lipinski definition) is 3. The van der Waals surface area contributed by atoms with E-state index < -0.39 is 0 Å². The van der Waals surface area contributed by atoms with E-state index in [0.29, 0.717) is 13.2 Å². The molecule has 1 atom stereocenters. The van der Waals surface area contributed by atoms with Crippen molar-refractivity contribution in [2.24, 2.45) is 10.2 Å². The van der Waals surface area contributed by atoms with Gasteiger partial charge in [-0.25, -0.2) is 0 Å². The minimum Gasteiger partial charge on any atom is -0.295 e. The molecule has 0 aliphatic carbocycles. The zero-order valence-electron chi connectivity index (χ0n) is 7.95. The van der Waals surface area contributed by atoms with Crippen LogP contribution in [-0.2, 0) is 0 Å². The minimum absolute atomic E-state index is 0.241. The standard InChI is InChI=1S/C7H13N7/c8-12-10-5-7-3-1-2-4-14(7)6-11-13-9/h7H,1-6H2. The Hall–Kier alpha value is -1.42. The summed E-state index contributed by atoms with van der Waals surface area (Å²) in [5.74, 6) is 0. The minimum atomic E-state index is 0.241. The molecule has 0 bridgehead atoms. The molecule has 0 amide bonds. The van der Waals surface area contributed by atoms with E-state index in [1.165, 1.54) is 0 Å². The first-order valence-corrected chi connectivity index (χ1v) is 4.64. The van der Waals surface area contributed by atoms with Crippen molar-refractivity contribution >= 4 is 0 Å². The molecule has 1 aliphatic heterocycles. The molecule has 0 saturated carbocycles. The summed E-state index contributed by atoms with van der Waals surface area (Å²) in [5.41, 5.74) is 16.4. The molecule has 1 rings (SSSR count). The first-order valence-electron chi connectivity index (χ1n) is 4.64. The molecule has 1 fully saturated rings. The first-order chi connectivity index (χ1) is 6.88. The van der Waals surface area contributed by atoms with E-state index in [0.717, 1.165) is 25.8 Å². The second-order valence-corrected chi connectivity index (χ2v) is 3.25. The first kappa shape index (κ1) is 10.7. The summed E-state index contributed by atoms with van der Waals surface area (Å²) in [7, 11) is 0. The third-order valence-electron chi connectivity index (χ3n) is 2.41. The van der Waals surface area contributed by atoms with Gasteiger partial charge in [-0.05, 0) is 30.4 Å². The SMILES string of the molecule is [N-]=[N+]=NCC1CCCCN1CN=[N+]=[N-]. The molecule has 0 aromatic heterocycles. The van der Waals surface area contributed by atoms with Gasteiger partial charge in [0.15, 0.2) is 0 Å². The highest BCUT2D eigenvalue weighted by molar-refractivity contribution is 4.78. The lowest BCUT2D eigenvalue weighted by Gasteiger charge is -2.33. The Kier molecular flexibility index (Phi) is 4.64. The molecule has 76 valence electrons. The van der Waals surface area contributed by atoms with Crippen molar-refractivity contribution in [3.8, 4) is 0 Å². The van der Waals surface area contributed by atoms with Crippen LogP contribution in [0.4, 0.5) is 0 Å². The van der Waals surface area contributed by atoms with Gasteiger partial charge in [-0.15, -0.1) is 0 Å². The molecule has 0 N–H and O–H groups in total. The van der Waals surface area contributed by atoms with Crippen LogP contribution in [0, 0.1) is 0 Å². The Bertz CT molecular complexity index is 235. The van der Waals surface area contributed by atoms with Crippen molar-refractivity contribution in [3.05, 3.63) is 20.9 Å². The fraction of sp³-hybridized carbons (Fsp3) is 1.00. The highest BCUT2D eigenvalue weighted by Crippen LogP contribution is 2.16. The van der Waals surface area contributed by atoms with Gasteiger partial charge in [-0.3, -0.25) is 4.90 Å². The molecule has 0 radical (unpaired) electrons. The Morgan fingerprint density at radius 2 is 2.00 bits per heavy atom. The lowest BCUT2D eigenvalue weighted by molar-refractivity contribution is 0.157. The summed E-state index contributed by atoms with van der Waals surface area (Å²) in [6.45, 7) is 1.77. The van der Waals surface area contributed by atoms with Gasteiger partial charge >= 0.3 is 0 Å². The van der Waals surface area contributed by atoms with Gasteiger partial charge in [0.1, 0.15) is 0 Å². The third kappa shape index (κ3) is 3.14. The Morgan fingerprint density at radius 1 is 1.21 bits per heavy atom. The Labute approximate surface area is 82.0 Å². The number of piperidine rings is 1. The summed E-state index contributed by atoms with van der Waals surface area (Å²) in [4.78, 5) is 7.53. The summed E-state index contributed by atoms with van der Waals surface area (Å²) < 4.78 is 0. The van der Waals surface area contributed by atoms with E-state index in [1.807, 2.05) is 0 Å². The molecule has 7 nitrogen and oxygen atoms in total. The predicted molar refractivity (Wildman–Crippen MR) is 52.4 cm³/mol. The summed E-state index contributed by atoms with van der Waals surface area (Å²) in [6, 6.07) is 0.241. The molecule has 1 unspecified atom stereocenters. The molecule has 1 aliphatic rings.